The zero-order chi connectivity index (χ0) is 11.7. The first-order chi connectivity index (χ1) is 7.61. The van der Waals surface area contributed by atoms with E-state index in [4.69, 9.17) is 16.3 Å². The van der Waals surface area contributed by atoms with Crippen molar-refractivity contribution in [2.45, 2.75) is 0 Å². The Morgan fingerprint density at radius 2 is 2.19 bits per heavy atom. The number of methoxy groups -OCH3 is 1. The smallest absolute Gasteiger partial charge is 0.271 e. The van der Waals surface area contributed by atoms with Crippen molar-refractivity contribution in [2.75, 3.05) is 7.11 Å². The van der Waals surface area contributed by atoms with E-state index in [9.17, 15) is 10.1 Å². The van der Waals surface area contributed by atoms with Gasteiger partial charge in [-0.3, -0.25) is 10.1 Å². The summed E-state index contributed by atoms with van der Waals surface area (Å²) in [5.74, 6) is 0.296. The van der Waals surface area contributed by atoms with Crippen LogP contribution in [0.2, 0.25) is 5.28 Å². The summed E-state index contributed by atoms with van der Waals surface area (Å²) in [5.41, 5.74) is 0.329. The Balaban J connectivity index is 2.74. The van der Waals surface area contributed by atoms with E-state index in [0.29, 0.717) is 16.8 Å². The first-order valence-electron chi connectivity index (χ1n) is 4.27. The van der Waals surface area contributed by atoms with Crippen LogP contribution >= 0.6 is 11.6 Å². The van der Waals surface area contributed by atoms with Crippen LogP contribution in [0.4, 0.5) is 5.69 Å². The van der Waals surface area contributed by atoms with Crippen LogP contribution in [-0.2, 0) is 0 Å². The topological polar surface area (TPSA) is 78.2 Å². The van der Waals surface area contributed by atoms with E-state index in [0.717, 1.165) is 0 Å². The molecule has 0 aliphatic rings. The lowest BCUT2D eigenvalue weighted by atomic mass is 10.2. The molecule has 0 aliphatic heterocycles. The van der Waals surface area contributed by atoms with Gasteiger partial charge in [0.05, 0.1) is 22.9 Å². The molecule has 0 N–H and O–H groups in total. The lowest BCUT2D eigenvalue weighted by Gasteiger charge is -2.03. The summed E-state index contributed by atoms with van der Waals surface area (Å²) < 4.78 is 5.00. The maximum Gasteiger partial charge on any atom is 0.271 e. The molecular formula is C9H6ClN3O3. The highest BCUT2D eigenvalue weighted by atomic mass is 35.5. The van der Waals surface area contributed by atoms with Crippen LogP contribution in [0.1, 0.15) is 0 Å². The molecule has 7 heteroatoms. The Morgan fingerprint density at radius 3 is 2.81 bits per heavy atom. The van der Waals surface area contributed by atoms with Crippen LogP contribution in [0.3, 0.4) is 0 Å². The maximum absolute atomic E-state index is 10.6. The van der Waals surface area contributed by atoms with Crippen molar-refractivity contribution in [1.82, 2.24) is 9.97 Å². The summed E-state index contributed by atoms with van der Waals surface area (Å²) in [5, 5.41) is 11.2. The van der Waals surface area contributed by atoms with Gasteiger partial charge >= 0.3 is 0 Å². The Labute approximate surface area is 95.0 Å². The Morgan fingerprint density at radius 1 is 1.44 bits per heavy atom. The van der Waals surface area contributed by atoms with Crippen molar-refractivity contribution in [3.8, 4) is 5.88 Å². The van der Waals surface area contributed by atoms with Crippen molar-refractivity contribution in [3.63, 3.8) is 0 Å². The largest absolute Gasteiger partial charge is 0.480 e. The second-order valence-corrected chi connectivity index (χ2v) is 3.30. The average molecular weight is 240 g/mol. The molecule has 0 fully saturated rings. The van der Waals surface area contributed by atoms with Gasteiger partial charge in [0.1, 0.15) is 0 Å². The van der Waals surface area contributed by atoms with Gasteiger partial charge in [-0.2, -0.15) is 4.98 Å². The van der Waals surface area contributed by atoms with Crippen LogP contribution < -0.4 is 4.74 Å². The number of hydrogen-bond donors (Lipinski definition) is 0. The average Bonchev–Trinajstić information content (AvgIpc) is 2.26. The Bertz CT molecular complexity index is 573. The molecule has 0 atom stereocenters. The molecule has 0 unspecified atom stereocenters. The lowest BCUT2D eigenvalue weighted by molar-refractivity contribution is -0.384. The van der Waals surface area contributed by atoms with Crippen LogP contribution in [0.15, 0.2) is 18.2 Å². The van der Waals surface area contributed by atoms with Crippen molar-refractivity contribution >= 4 is 28.2 Å². The van der Waals surface area contributed by atoms with Gasteiger partial charge in [-0.1, -0.05) is 0 Å². The third kappa shape index (κ3) is 1.74. The number of aromatic nitrogens is 2. The van der Waals surface area contributed by atoms with Gasteiger partial charge in [-0.25, -0.2) is 4.98 Å². The van der Waals surface area contributed by atoms with Crippen molar-refractivity contribution < 1.29 is 9.66 Å². The number of benzene rings is 1. The first-order valence-corrected chi connectivity index (χ1v) is 4.65. The summed E-state index contributed by atoms with van der Waals surface area (Å²) in [4.78, 5) is 17.8. The fourth-order valence-electron chi connectivity index (χ4n) is 1.33. The molecule has 1 heterocycles. The molecule has 0 bridgehead atoms. The molecule has 1 aromatic heterocycles. The number of hydrogen-bond acceptors (Lipinski definition) is 5. The number of nitrogens with zero attached hydrogens (tertiary/aromatic N) is 3. The van der Waals surface area contributed by atoms with E-state index in [2.05, 4.69) is 9.97 Å². The van der Waals surface area contributed by atoms with E-state index in [1.807, 2.05) is 0 Å². The zero-order valence-electron chi connectivity index (χ0n) is 8.18. The van der Waals surface area contributed by atoms with Gasteiger partial charge in [0.2, 0.25) is 11.2 Å². The molecule has 0 amide bonds. The second-order valence-electron chi connectivity index (χ2n) is 2.96. The number of nitro benzene ring substituents is 1. The molecule has 16 heavy (non-hydrogen) atoms. The van der Waals surface area contributed by atoms with E-state index >= 15 is 0 Å². The number of fused-ring (bicyclic) bond motifs is 1. The third-order valence-electron chi connectivity index (χ3n) is 2.02. The van der Waals surface area contributed by atoms with Gasteiger partial charge < -0.3 is 4.74 Å². The molecule has 0 saturated carbocycles. The standard InChI is InChI=1S/C9H6ClN3O3/c1-16-8-6-3-2-5(13(14)15)4-7(6)11-9(10)12-8/h2-4H,1H3. The molecule has 6 nitrogen and oxygen atoms in total. The van der Waals surface area contributed by atoms with E-state index in [-0.39, 0.29) is 11.0 Å². The number of non-ortho nitro benzene ring substituents is 1. The minimum atomic E-state index is -0.498. The second kappa shape index (κ2) is 3.90. The normalized spacial score (nSPS) is 10.4. The number of halogens is 1. The molecule has 0 radical (unpaired) electrons. The van der Waals surface area contributed by atoms with Crippen LogP contribution in [0.25, 0.3) is 10.9 Å². The van der Waals surface area contributed by atoms with E-state index < -0.39 is 4.92 Å². The van der Waals surface area contributed by atoms with E-state index in [1.165, 1.54) is 25.3 Å². The lowest BCUT2D eigenvalue weighted by Crippen LogP contribution is -1.94. The molecular weight excluding hydrogens is 234 g/mol. The monoisotopic (exact) mass is 239 g/mol. The van der Waals surface area contributed by atoms with Crippen LogP contribution in [-0.4, -0.2) is 22.0 Å². The SMILES string of the molecule is COc1nc(Cl)nc2cc([N+](=O)[O-])ccc12. The fraction of sp³-hybridized carbons (Fsp3) is 0.111. The van der Waals surface area contributed by atoms with E-state index in [1.54, 1.807) is 0 Å². The highest BCUT2D eigenvalue weighted by Crippen LogP contribution is 2.26. The predicted molar refractivity (Wildman–Crippen MR) is 57.8 cm³/mol. The third-order valence-corrected chi connectivity index (χ3v) is 2.19. The molecule has 82 valence electrons. The molecule has 0 saturated heterocycles. The summed E-state index contributed by atoms with van der Waals surface area (Å²) >= 11 is 5.66. The highest BCUT2D eigenvalue weighted by molar-refractivity contribution is 6.28. The number of rotatable bonds is 2. The molecule has 0 aliphatic carbocycles. The fourth-order valence-corrected chi connectivity index (χ4v) is 1.50. The summed E-state index contributed by atoms with van der Waals surface area (Å²) in [6, 6.07) is 4.22. The molecule has 2 aromatic rings. The minimum absolute atomic E-state index is 0.00940. The highest BCUT2D eigenvalue weighted by Gasteiger charge is 2.11. The van der Waals surface area contributed by atoms with Crippen molar-refractivity contribution in [3.05, 3.63) is 33.6 Å². The summed E-state index contributed by atoms with van der Waals surface area (Å²) in [7, 11) is 1.44. The summed E-state index contributed by atoms with van der Waals surface area (Å²) in [6.07, 6.45) is 0. The Kier molecular flexibility index (Phi) is 2.57. The van der Waals surface area contributed by atoms with Gasteiger partial charge in [-0.15, -0.1) is 0 Å². The predicted octanol–water partition coefficient (Wildman–Crippen LogP) is 2.20. The van der Waals surface area contributed by atoms with Gasteiger partial charge in [0.25, 0.3) is 5.69 Å². The van der Waals surface area contributed by atoms with Gasteiger partial charge in [0.15, 0.2) is 0 Å². The maximum atomic E-state index is 10.6. The minimum Gasteiger partial charge on any atom is -0.480 e. The van der Waals surface area contributed by atoms with Crippen molar-refractivity contribution in [2.24, 2.45) is 0 Å². The molecule has 2 rings (SSSR count). The Hall–Kier alpha value is -1.95. The number of ether oxygens (including phenoxy) is 1. The summed E-state index contributed by atoms with van der Waals surface area (Å²) in [6.45, 7) is 0. The van der Waals surface area contributed by atoms with Gasteiger partial charge in [-0.05, 0) is 17.7 Å². The van der Waals surface area contributed by atoms with Crippen LogP contribution in [0.5, 0.6) is 5.88 Å². The zero-order valence-corrected chi connectivity index (χ0v) is 8.93. The first kappa shape index (κ1) is 10.6. The van der Waals surface area contributed by atoms with Crippen molar-refractivity contribution in [1.29, 1.82) is 0 Å². The number of nitro groups is 1. The van der Waals surface area contributed by atoms with Gasteiger partial charge in [0, 0.05) is 12.1 Å². The quantitative estimate of drug-likeness (QED) is 0.456. The molecule has 0 spiro atoms. The molecule has 1 aromatic carbocycles. The van der Waals surface area contributed by atoms with Crippen LogP contribution in [0, 0.1) is 10.1 Å².